The maximum Gasteiger partial charge on any atom is 0.336 e. The molecule has 3 aromatic carbocycles. The SMILES string of the molecule is NS(=O)(=O)c1ccc(N2C(=O)CC(Sc3ccc(NC(=O)c4ccc(C(=O)O)cc4C(=O)O)cc3)C2=O)cc1. The number of nitrogens with one attached hydrogen (secondary N) is 1. The average Bonchev–Trinajstić information content (AvgIpc) is 3.16. The van der Waals surface area contributed by atoms with E-state index in [2.05, 4.69) is 5.32 Å². The third-order valence-electron chi connectivity index (χ3n) is 5.66. The first kappa shape index (κ1) is 27.5. The number of hydrogen-bond acceptors (Lipinski definition) is 8. The predicted molar refractivity (Wildman–Crippen MR) is 139 cm³/mol. The van der Waals surface area contributed by atoms with Gasteiger partial charge in [-0.2, -0.15) is 0 Å². The van der Waals surface area contributed by atoms with E-state index >= 15 is 0 Å². The van der Waals surface area contributed by atoms with E-state index < -0.39 is 50.5 Å². The molecule has 3 aromatic rings. The smallest absolute Gasteiger partial charge is 0.336 e. The molecule has 14 heteroatoms. The molecule has 12 nitrogen and oxygen atoms in total. The molecule has 0 aromatic heterocycles. The molecule has 1 fully saturated rings. The fourth-order valence-corrected chi connectivity index (χ4v) is 5.35. The highest BCUT2D eigenvalue weighted by Gasteiger charge is 2.40. The number of aromatic carboxylic acids is 2. The lowest BCUT2D eigenvalue weighted by Crippen LogP contribution is -2.31. The number of nitrogens with zero attached hydrogens (tertiary/aromatic N) is 1. The molecule has 0 spiro atoms. The number of carbonyl (C=O) groups is 5. The van der Waals surface area contributed by atoms with Crippen LogP contribution >= 0.6 is 11.8 Å². The highest BCUT2D eigenvalue weighted by molar-refractivity contribution is 8.00. The molecule has 1 heterocycles. The summed E-state index contributed by atoms with van der Waals surface area (Å²) in [4.78, 5) is 62.2. The number of amides is 3. The third kappa shape index (κ3) is 5.98. The molecule has 200 valence electrons. The van der Waals surface area contributed by atoms with E-state index in [-0.39, 0.29) is 28.1 Å². The second-order valence-electron chi connectivity index (χ2n) is 8.27. The van der Waals surface area contributed by atoms with Gasteiger partial charge < -0.3 is 15.5 Å². The Balaban J connectivity index is 1.44. The van der Waals surface area contributed by atoms with Gasteiger partial charge in [0.05, 0.1) is 32.5 Å². The lowest BCUT2D eigenvalue weighted by atomic mass is 10.0. The van der Waals surface area contributed by atoms with Crippen molar-refractivity contribution in [2.24, 2.45) is 5.14 Å². The molecule has 0 aliphatic carbocycles. The summed E-state index contributed by atoms with van der Waals surface area (Å²) in [5.41, 5.74) is -0.431. The molecule has 3 amide bonds. The zero-order chi connectivity index (χ0) is 28.5. The van der Waals surface area contributed by atoms with Crippen molar-refractivity contribution >= 4 is 62.8 Å². The summed E-state index contributed by atoms with van der Waals surface area (Å²) >= 11 is 1.13. The summed E-state index contributed by atoms with van der Waals surface area (Å²) in [6, 6.07) is 14.5. The topological polar surface area (TPSA) is 201 Å². The molecule has 1 unspecified atom stereocenters. The van der Waals surface area contributed by atoms with Gasteiger partial charge in [-0.25, -0.2) is 28.0 Å². The number of imide groups is 1. The van der Waals surface area contributed by atoms with E-state index in [0.717, 1.165) is 34.9 Å². The van der Waals surface area contributed by atoms with Crippen molar-refractivity contribution in [1.82, 2.24) is 0 Å². The van der Waals surface area contributed by atoms with Crippen LogP contribution in [0.4, 0.5) is 11.4 Å². The number of rotatable bonds is 8. The van der Waals surface area contributed by atoms with Crippen molar-refractivity contribution in [3.8, 4) is 0 Å². The number of primary sulfonamides is 1. The summed E-state index contributed by atoms with van der Waals surface area (Å²) in [5.74, 6) is -4.47. The third-order valence-corrected chi connectivity index (χ3v) is 7.79. The fraction of sp³-hybridized carbons (Fsp3) is 0.0800. The minimum atomic E-state index is -3.93. The van der Waals surface area contributed by atoms with Gasteiger partial charge in [0, 0.05) is 17.0 Å². The Bertz CT molecular complexity index is 1620. The summed E-state index contributed by atoms with van der Waals surface area (Å²) in [6.45, 7) is 0. The first-order chi connectivity index (χ1) is 18.3. The molecule has 1 atom stereocenters. The van der Waals surface area contributed by atoms with Crippen molar-refractivity contribution in [2.45, 2.75) is 21.5 Å². The Labute approximate surface area is 225 Å². The minimum Gasteiger partial charge on any atom is -0.478 e. The van der Waals surface area contributed by atoms with Crippen molar-refractivity contribution in [2.75, 3.05) is 10.2 Å². The van der Waals surface area contributed by atoms with Gasteiger partial charge in [-0.1, -0.05) is 0 Å². The van der Waals surface area contributed by atoms with Crippen LogP contribution in [0.3, 0.4) is 0 Å². The van der Waals surface area contributed by atoms with Crippen molar-refractivity contribution in [3.63, 3.8) is 0 Å². The standard InChI is InChI=1S/C25H19N3O9S2/c26-39(36,37)17-8-4-15(5-9-17)28-21(29)12-20(23(28)31)38-16-6-2-14(3-7-16)27-22(30)18-10-1-13(24(32)33)11-19(18)25(34)35/h1-11,20H,12H2,(H,27,30)(H,32,33)(H,34,35)(H2,26,36,37). The molecule has 0 saturated carbocycles. The summed E-state index contributed by atoms with van der Waals surface area (Å²) in [7, 11) is -3.93. The van der Waals surface area contributed by atoms with E-state index in [1.54, 1.807) is 12.1 Å². The van der Waals surface area contributed by atoms with Crippen molar-refractivity contribution in [3.05, 3.63) is 83.4 Å². The number of anilines is 2. The normalized spacial score (nSPS) is 15.3. The van der Waals surface area contributed by atoms with Crippen LogP contribution in [0, 0.1) is 0 Å². The van der Waals surface area contributed by atoms with Gasteiger partial charge >= 0.3 is 11.9 Å². The Morgan fingerprint density at radius 1 is 0.897 bits per heavy atom. The van der Waals surface area contributed by atoms with Crippen molar-refractivity contribution < 1.29 is 42.6 Å². The van der Waals surface area contributed by atoms with E-state index in [4.69, 9.17) is 10.2 Å². The lowest BCUT2D eigenvalue weighted by Gasteiger charge is -2.15. The molecule has 4 rings (SSSR count). The van der Waals surface area contributed by atoms with Crippen LogP contribution in [0.25, 0.3) is 0 Å². The predicted octanol–water partition coefficient (Wildman–Crippen LogP) is 2.41. The summed E-state index contributed by atoms with van der Waals surface area (Å²) in [6.07, 6.45) is -0.0801. The minimum absolute atomic E-state index is 0.0801. The van der Waals surface area contributed by atoms with E-state index in [1.807, 2.05) is 0 Å². The van der Waals surface area contributed by atoms with E-state index in [0.29, 0.717) is 10.6 Å². The quantitative estimate of drug-likeness (QED) is 0.292. The Hall–Kier alpha value is -4.53. The zero-order valence-corrected chi connectivity index (χ0v) is 21.4. The second-order valence-corrected chi connectivity index (χ2v) is 11.1. The van der Waals surface area contributed by atoms with Gasteiger partial charge in [0.25, 0.3) is 5.91 Å². The van der Waals surface area contributed by atoms with Crippen LogP contribution in [-0.4, -0.2) is 53.5 Å². The molecule has 0 radical (unpaired) electrons. The number of nitrogens with two attached hydrogens (primary N) is 1. The molecule has 0 bridgehead atoms. The fourth-order valence-electron chi connectivity index (χ4n) is 3.78. The number of carboxylic acids is 2. The number of benzene rings is 3. The largest absolute Gasteiger partial charge is 0.478 e. The monoisotopic (exact) mass is 569 g/mol. The van der Waals surface area contributed by atoms with Crippen LogP contribution < -0.4 is 15.4 Å². The lowest BCUT2D eigenvalue weighted by molar-refractivity contribution is -0.121. The number of carboxylic acid groups (broad SMARTS) is 2. The van der Waals surface area contributed by atoms with Gasteiger partial charge in [0.15, 0.2) is 0 Å². The van der Waals surface area contributed by atoms with Crippen molar-refractivity contribution in [1.29, 1.82) is 0 Å². The number of carbonyl (C=O) groups excluding carboxylic acids is 3. The van der Waals surface area contributed by atoms with Crippen LogP contribution in [0.15, 0.2) is 76.5 Å². The van der Waals surface area contributed by atoms with Gasteiger partial charge in [-0.05, 0) is 66.7 Å². The zero-order valence-electron chi connectivity index (χ0n) is 19.7. The molecule has 1 saturated heterocycles. The molecule has 1 aliphatic heterocycles. The first-order valence-electron chi connectivity index (χ1n) is 11.0. The van der Waals surface area contributed by atoms with Gasteiger partial charge in [0.1, 0.15) is 0 Å². The Morgan fingerprint density at radius 2 is 1.54 bits per heavy atom. The van der Waals surface area contributed by atoms with Crippen LogP contribution in [0.5, 0.6) is 0 Å². The molecule has 5 N–H and O–H groups in total. The number of sulfonamides is 1. The Morgan fingerprint density at radius 3 is 2.10 bits per heavy atom. The van der Waals surface area contributed by atoms with Crippen LogP contribution in [0.1, 0.15) is 37.5 Å². The maximum atomic E-state index is 12.9. The highest BCUT2D eigenvalue weighted by Crippen LogP contribution is 2.34. The first-order valence-corrected chi connectivity index (χ1v) is 13.5. The van der Waals surface area contributed by atoms with E-state index in [9.17, 15) is 37.5 Å². The van der Waals surface area contributed by atoms with Gasteiger partial charge in [0.2, 0.25) is 21.8 Å². The number of thioether (sulfide) groups is 1. The van der Waals surface area contributed by atoms with Crippen LogP contribution in [-0.2, 0) is 19.6 Å². The summed E-state index contributed by atoms with van der Waals surface area (Å²) < 4.78 is 22.9. The highest BCUT2D eigenvalue weighted by atomic mass is 32.2. The van der Waals surface area contributed by atoms with Crippen LogP contribution in [0.2, 0.25) is 0 Å². The van der Waals surface area contributed by atoms with E-state index in [1.165, 1.54) is 36.4 Å². The number of hydrogen-bond donors (Lipinski definition) is 4. The van der Waals surface area contributed by atoms with Gasteiger partial charge in [-0.15, -0.1) is 11.8 Å². The molecular formula is C25H19N3O9S2. The van der Waals surface area contributed by atoms with Gasteiger partial charge in [-0.3, -0.25) is 14.4 Å². The second kappa shape index (κ2) is 10.7. The Kier molecular flexibility index (Phi) is 7.53. The molecular weight excluding hydrogens is 550 g/mol. The summed E-state index contributed by atoms with van der Waals surface area (Å²) in [5, 5.41) is 25.3. The molecule has 39 heavy (non-hydrogen) atoms. The molecule has 1 aliphatic rings. The average molecular weight is 570 g/mol. The maximum absolute atomic E-state index is 12.9.